The maximum atomic E-state index is 11.9. The number of rotatable bonds is 2. The Bertz CT molecular complexity index is 302. The van der Waals surface area contributed by atoms with Crippen molar-refractivity contribution in [3.05, 3.63) is 0 Å². The van der Waals surface area contributed by atoms with Gasteiger partial charge < -0.3 is 16.0 Å². The molecule has 90 valence electrons. The molecule has 0 aromatic rings. The summed E-state index contributed by atoms with van der Waals surface area (Å²) in [7, 11) is 0. The zero-order valence-electron chi connectivity index (χ0n) is 9.66. The van der Waals surface area contributed by atoms with Gasteiger partial charge in [-0.1, -0.05) is 0 Å². The summed E-state index contributed by atoms with van der Waals surface area (Å²) < 4.78 is 0. The van der Waals surface area contributed by atoms with Crippen LogP contribution in [0.2, 0.25) is 0 Å². The predicted octanol–water partition coefficient (Wildman–Crippen LogP) is 0.446. The summed E-state index contributed by atoms with van der Waals surface area (Å²) in [5.74, 6) is -0.0192. The smallest absolute Gasteiger partial charge is 0.312 e. The lowest BCUT2D eigenvalue weighted by Crippen LogP contribution is -2.50. The van der Waals surface area contributed by atoms with Crippen LogP contribution < -0.4 is 11.1 Å². The number of hydrogen-bond acceptors (Lipinski definition) is 2. The molecule has 1 aliphatic heterocycles. The van der Waals surface area contributed by atoms with E-state index in [0.717, 1.165) is 25.9 Å². The lowest BCUT2D eigenvalue weighted by Gasteiger charge is -2.33. The molecule has 16 heavy (non-hydrogen) atoms. The normalized spacial score (nSPS) is 23.9. The first-order valence-corrected chi connectivity index (χ1v) is 5.87. The van der Waals surface area contributed by atoms with Gasteiger partial charge in [0.2, 0.25) is 5.91 Å². The summed E-state index contributed by atoms with van der Waals surface area (Å²) in [6, 6.07) is -1.15. The minimum Gasteiger partial charge on any atom is -0.352 e. The Morgan fingerprint density at radius 3 is 2.25 bits per heavy atom. The largest absolute Gasteiger partial charge is 0.352 e. The van der Waals surface area contributed by atoms with Gasteiger partial charge in [0.1, 0.15) is 6.04 Å². The minimum atomic E-state index is -0.642. The van der Waals surface area contributed by atoms with E-state index in [1.54, 1.807) is 6.92 Å². The molecule has 1 saturated carbocycles. The average Bonchev–Trinajstić information content (AvgIpc) is 2.97. The molecule has 1 spiro atoms. The van der Waals surface area contributed by atoms with Crippen LogP contribution in [0, 0.1) is 5.41 Å². The standard InChI is InChI=1S/C11H19N3O2/c1-8(13-10(12)16)9(15)14-6-4-11(2-3-11)5-7-14/h8H,2-7H2,1H3,(H3,12,13,16). The van der Waals surface area contributed by atoms with Gasteiger partial charge in [-0.2, -0.15) is 0 Å². The molecule has 0 bridgehead atoms. The number of piperidine rings is 1. The van der Waals surface area contributed by atoms with Gasteiger partial charge in [-0.3, -0.25) is 4.79 Å². The second kappa shape index (κ2) is 3.96. The van der Waals surface area contributed by atoms with Crippen molar-refractivity contribution in [2.24, 2.45) is 11.1 Å². The maximum Gasteiger partial charge on any atom is 0.312 e. The third-order valence-electron chi connectivity index (χ3n) is 3.82. The Balaban J connectivity index is 1.83. The van der Waals surface area contributed by atoms with Gasteiger partial charge in [-0.15, -0.1) is 0 Å². The molecule has 2 fully saturated rings. The van der Waals surface area contributed by atoms with Gasteiger partial charge in [0.05, 0.1) is 0 Å². The van der Waals surface area contributed by atoms with Gasteiger partial charge in [0.25, 0.3) is 0 Å². The first kappa shape index (κ1) is 11.2. The highest BCUT2D eigenvalue weighted by molar-refractivity contribution is 5.86. The maximum absolute atomic E-state index is 11.9. The molecule has 3 amide bonds. The highest BCUT2D eigenvalue weighted by Gasteiger charge is 2.45. The molecule has 5 nitrogen and oxygen atoms in total. The van der Waals surface area contributed by atoms with Gasteiger partial charge in [-0.05, 0) is 38.0 Å². The molecule has 1 heterocycles. The molecule has 1 unspecified atom stereocenters. The van der Waals surface area contributed by atoms with Gasteiger partial charge in [0, 0.05) is 13.1 Å². The summed E-state index contributed by atoms with van der Waals surface area (Å²) >= 11 is 0. The second-order valence-corrected chi connectivity index (χ2v) is 5.06. The molecular formula is C11H19N3O2. The lowest BCUT2D eigenvalue weighted by atomic mass is 9.93. The van der Waals surface area contributed by atoms with E-state index in [0.29, 0.717) is 5.41 Å². The van der Waals surface area contributed by atoms with E-state index in [2.05, 4.69) is 5.32 Å². The fraction of sp³-hybridized carbons (Fsp3) is 0.818. The molecule has 0 aromatic carbocycles. The third kappa shape index (κ3) is 2.28. The van der Waals surface area contributed by atoms with E-state index in [4.69, 9.17) is 5.73 Å². The zero-order valence-corrected chi connectivity index (χ0v) is 9.66. The Labute approximate surface area is 95.3 Å². The molecule has 2 rings (SSSR count). The van der Waals surface area contributed by atoms with Crippen molar-refractivity contribution < 1.29 is 9.59 Å². The minimum absolute atomic E-state index is 0.0192. The molecule has 3 N–H and O–H groups in total. The monoisotopic (exact) mass is 225 g/mol. The van der Waals surface area contributed by atoms with Crippen LogP contribution in [0.4, 0.5) is 4.79 Å². The SMILES string of the molecule is CC(NC(N)=O)C(=O)N1CCC2(CC1)CC2. The fourth-order valence-corrected chi connectivity index (χ4v) is 2.43. The summed E-state index contributed by atoms with van der Waals surface area (Å²) in [5, 5.41) is 2.42. The van der Waals surface area contributed by atoms with Gasteiger partial charge in [0.15, 0.2) is 0 Å². The van der Waals surface area contributed by atoms with Crippen LogP contribution in [-0.4, -0.2) is 36.0 Å². The molecule has 1 atom stereocenters. The van der Waals surface area contributed by atoms with Crippen molar-refractivity contribution in [3.8, 4) is 0 Å². The van der Waals surface area contributed by atoms with E-state index in [1.165, 1.54) is 12.8 Å². The predicted molar refractivity (Wildman–Crippen MR) is 59.7 cm³/mol. The zero-order chi connectivity index (χ0) is 11.8. The number of carbonyl (C=O) groups excluding carboxylic acids is 2. The Morgan fingerprint density at radius 2 is 1.81 bits per heavy atom. The summed E-state index contributed by atoms with van der Waals surface area (Å²) in [4.78, 5) is 24.4. The lowest BCUT2D eigenvalue weighted by molar-refractivity contribution is -0.134. The third-order valence-corrected chi connectivity index (χ3v) is 3.82. The van der Waals surface area contributed by atoms with E-state index < -0.39 is 12.1 Å². The van der Waals surface area contributed by atoms with Crippen LogP contribution in [-0.2, 0) is 4.79 Å². The number of nitrogens with zero attached hydrogens (tertiary/aromatic N) is 1. The summed E-state index contributed by atoms with van der Waals surface area (Å²) in [5.41, 5.74) is 5.56. The fourth-order valence-electron chi connectivity index (χ4n) is 2.43. The van der Waals surface area contributed by atoms with Crippen molar-refractivity contribution >= 4 is 11.9 Å². The van der Waals surface area contributed by atoms with Crippen LogP contribution in [0.15, 0.2) is 0 Å². The van der Waals surface area contributed by atoms with E-state index in [1.807, 2.05) is 4.90 Å². The average molecular weight is 225 g/mol. The van der Waals surface area contributed by atoms with Crippen molar-refractivity contribution in [2.45, 2.75) is 38.6 Å². The number of urea groups is 1. The van der Waals surface area contributed by atoms with E-state index in [9.17, 15) is 9.59 Å². The number of nitrogens with two attached hydrogens (primary N) is 1. The Morgan fingerprint density at radius 1 is 1.25 bits per heavy atom. The van der Waals surface area contributed by atoms with Crippen LogP contribution >= 0.6 is 0 Å². The number of amides is 3. The number of carbonyl (C=O) groups is 2. The first-order chi connectivity index (χ1) is 7.52. The van der Waals surface area contributed by atoms with Crippen molar-refractivity contribution in [2.75, 3.05) is 13.1 Å². The van der Waals surface area contributed by atoms with E-state index in [-0.39, 0.29) is 5.91 Å². The molecule has 0 aromatic heterocycles. The van der Waals surface area contributed by atoms with Crippen molar-refractivity contribution in [1.29, 1.82) is 0 Å². The van der Waals surface area contributed by atoms with Gasteiger partial charge >= 0.3 is 6.03 Å². The molecule has 2 aliphatic rings. The first-order valence-electron chi connectivity index (χ1n) is 5.87. The number of primary amides is 1. The quantitative estimate of drug-likeness (QED) is 0.715. The highest BCUT2D eigenvalue weighted by atomic mass is 16.2. The van der Waals surface area contributed by atoms with Crippen LogP contribution in [0.25, 0.3) is 0 Å². The number of nitrogens with one attached hydrogen (secondary N) is 1. The summed E-state index contributed by atoms with van der Waals surface area (Å²) in [6.07, 6.45) is 4.87. The molecular weight excluding hydrogens is 206 g/mol. The van der Waals surface area contributed by atoms with Crippen molar-refractivity contribution in [3.63, 3.8) is 0 Å². The number of likely N-dealkylation sites (tertiary alicyclic amines) is 1. The van der Waals surface area contributed by atoms with Gasteiger partial charge in [-0.25, -0.2) is 4.79 Å². The topological polar surface area (TPSA) is 75.4 Å². The summed E-state index contributed by atoms with van der Waals surface area (Å²) in [6.45, 7) is 3.32. The molecule has 1 saturated heterocycles. The molecule has 0 radical (unpaired) electrons. The number of hydrogen-bond donors (Lipinski definition) is 2. The molecule has 5 heteroatoms. The van der Waals surface area contributed by atoms with Crippen LogP contribution in [0.3, 0.4) is 0 Å². The van der Waals surface area contributed by atoms with E-state index >= 15 is 0 Å². The van der Waals surface area contributed by atoms with Crippen LogP contribution in [0.1, 0.15) is 32.6 Å². The van der Waals surface area contributed by atoms with Crippen molar-refractivity contribution in [1.82, 2.24) is 10.2 Å². The Hall–Kier alpha value is -1.26. The highest BCUT2D eigenvalue weighted by Crippen LogP contribution is 2.53. The molecule has 1 aliphatic carbocycles. The second-order valence-electron chi connectivity index (χ2n) is 5.06. The van der Waals surface area contributed by atoms with Crippen LogP contribution in [0.5, 0.6) is 0 Å². The Kier molecular flexibility index (Phi) is 2.78.